The molecular formula is C26H41N3O5S. The first-order valence-electron chi connectivity index (χ1n) is 12.4. The maximum Gasteiger partial charge on any atom is 0.300 e. The third-order valence-corrected chi connectivity index (χ3v) is 7.52. The fourth-order valence-corrected chi connectivity index (χ4v) is 5.95. The number of hydrogen-bond acceptors (Lipinski definition) is 6. The molecular weight excluding hydrogens is 466 g/mol. The molecule has 0 saturated carbocycles. The Kier molecular flexibility index (Phi) is 11.4. The summed E-state index contributed by atoms with van der Waals surface area (Å²) in [4.78, 5) is 37.9. The molecule has 1 aromatic heterocycles. The Morgan fingerprint density at radius 3 is 2.29 bits per heavy atom. The molecule has 4 rings (SSSR count). The largest absolute Gasteiger partial charge is 0.481 e. The molecule has 1 amide bonds. The second kappa shape index (κ2) is 13.8. The Hall–Kier alpha value is -2.23. The number of allylic oxidation sites excluding steroid dienone is 2. The number of fused-ring (bicyclic) bond motifs is 2. The van der Waals surface area contributed by atoms with Gasteiger partial charge in [-0.1, -0.05) is 17.7 Å². The molecule has 3 N–H and O–H groups in total. The zero-order valence-corrected chi connectivity index (χ0v) is 22.3. The van der Waals surface area contributed by atoms with Crippen LogP contribution >= 0.6 is 11.3 Å². The van der Waals surface area contributed by atoms with E-state index in [9.17, 15) is 4.79 Å². The van der Waals surface area contributed by atoms with E-state index in [1.165, 1.54) is 16.9 Å². The normalized spacial score (nSPS) is 25.4. The van der Waals surface area contributed by atoms with E-state index >= 15 is 0 Å². The average Bonchev–Trinajstić information content (AvgIpc) is 3.47. The van der Waals surface area contributed by atoms with Crippen LogP contribution < -0.4 is 5.32 Å². The van der Waals surface area contributed by atoms with Gasteiger partial charge in [-0.15, -0.1) is 11.3 Å². The first kappa shape index (κ1) is 29.0. The van der Waals surface area contributed by atoms with E-state index in [2.05, 4.69) is 52.6 Å². The minimum absolute atomic E-state index is 0.205. The van der Waals surface area contributed by atoms with Crippen molar-refractivity contribution in [1.29, 1.82) is 0 Å². The van der Waals surface area contributed by atoms with E-state index in [-0.39, 0.29) is 5.41 Å². The maximum atomic E-state index is 13.7. The average molecular weight is 508 g/mol. The van der Waals surface area contributed by atoms with Gasteiger partial charge in [0.1, 0.15) is 0 Å². The Morgan fingerprint density at radius 1 is 1.09 bits per heavy atom. The van der Waals surface area contributed by atoms with E-state index in [0.29, 0.717) is 18.0 Å². The fourth-order valence-electron chi connectivity index (χ4n) is 5.20. The number of rotatable bonds is 5. The molecule has 3 fully saturated rings. The van der Waals surface area contributed by atoms with Crippen LogP contribution in [0, 0.1) is 5.41 Å². The highest BCUT2D eigenvalue weighted by Crippen LogP contribution is 2.47. The Morgan fingerprint density at radius 2 is 1.77 bits per heavy atom. The third-order valence-electron chi connectivity index (χ3n) is 6.65. The van der Waals surface area contributed by atoms with Gasteiger partial charge in [-0.25, -0.2) is 0 Å². The molecule has 3 aliphatic rings. The molecule has 3 saturated heterocycles. The Labute approximate surface area is 213 Å². The standard InChI is InChI=1S/C22H33N3OS.2C2H4O2/c1-17(2)8-9-22(15-18-6-7-20(22)23-18)21(26)25-11-4-10-24(12-13-25)16-19-5-3-14-27-19;2*1-2(3)4/h3,5,8,14,18,20,23H,4,6-7,9-13,15-16H2,1-2H3;2*1H3,(H,3,4)/t18-,20+,22+;;/m0../s1. The highest BCUT2D eigenvalue weighted by Gasteiger charge is 2.55. The number of hydrogen-bond donors (Lipinski definition) is 3. The molecule has 3 atom stereocenters. The van der Waals surface area contributed by atoms with Crippen LogP contribution in [0.5, 0.6) is 0 Å². The van der Waals surface area contributed by atoms with Gasteiger partial charge in [-0.2, -0.15) is 0 Å². The van der Waals surface area contributed by atoms with Crippen LogP contribution in [-0.4, -0.2) is 76.1 Å². The van der Waals surface area contributed by atoms with Crippen molar-refractivity contribution in [3.8, 4) is 0 Å². The highest BCUT2D eigenvalue weighted by molar-refractivity contribution is 7.09. The fraction of sp³-hybridized carbons (Fsp3) is 0.654. The van der Waals surface area contributed by atoms with Crippen molar-refractivity contribution in [3.63, 3.8) is 0 Å². The number of carboxylic acids is 2. The van der Waals surface area contributed by atoms with E-state index in [1.54, 1.807) is 0 Å². The molecule has 3 aliphatic heterocycles. The summed E-state index contributed by atoms with van der Waals surface area (Å²) in [5.74, 6) is -1.25. The predicted octanol–water partition coefficient (Wildman–Crippen LogP) is 3.83. The number of carboxylic acid groups (broad SMARTS) is 2. The van der Waals surface area contributed by atoms with Gasteiger partial charge in [0.2, 0.25) is 5.91 Å². The van der Waals surface area contributed by atoms with Crippen molar-refractivity contribution < 1.29 is 24.6 Å². The number of carbonyl (C=O) groups is 3. The van der Waals surface area contributed by atoms with Gasteiger partial charge in [-0.05, 0) is 57.4 Å². The molecule has 0 spiro atoms. The molecule has 1 aromatic rings. The molecule has 8 nitrogen and oxygen atoms in total. The minimum atomic E-state index is -0.833. The summed E-state index contributed by atoms with van der Waals surface area (Å²) >= 11 is 1.83. The van der Waals surface area contributed by atoms with Crippen LogP contribution in [0.15, 0.2) is 29.2 Å². The first-order chi connectivity index (χ1) is 16.5. The van der Waals surface area contributed by atoms with Crippen molar-refractivity contribution in [3.05, 3.63) is 34.0 Å². The third kappa shape index (κ3) is 9.05. The second-order valence-electron chi connectivity index (χ2n) is 9.88. The molecule has 2 bridgehead atoms. The lowest BCUT2D eigenvalue weighted by atomic mass is 9.70. The van der Waals surface area contributed by atoms with Crippen molar-refractivity contribution in [2.75, 3.05) is 26.2 Å². The van der Waals surface area contributed by atoms with Crippen molar-refractivity contribution in [2.45, 2.75) is 78.4 Å². The van der Waals surface area contributed by atoms with Crippen molar-refractivity contribution in [2.24, 2.45) is 5.41 Å². The predicted molar refractivity (Wildman–Crippen MR) is 138 cm³/mol. The highest BCUT2D eigenvalue weighted by atomic mass is 32.1. The van der Waals surface area contributed by atoms with Gasteiger partial charge in [0.05, 0.1) is 5.41 Å². The summed E-state index contributed by atoms with van der Waals surface area (Å²) in [5.41, 5.74) is 1.12. The molecule has 0 aromatic carbocycles. The Balaban J connectivity index is 0.000000473. The van der Waals surface area contributed by atoms with Crippen LogP contribution in [0.25, 0.3) is 0 Å². The minimum Gasteiger partial charge on any atom is -0.481 e. The zero-order valence-electron chi connectivity index (χ0n) is 21.5. The van der Waals surface area contributed by atoms with Crippen LogP contribution in [0.2, 0.25) is 0 Å². The lowest BCUT2D eigenvalue weighted by molar-refractivity contribution is -0.143. The van der Waals surface area contributed by atoms with Gasteiger partial charge in [0, 0.05) is 63.5 Å². The molecule has 35 heavy (non-hydrogen) atoms. The summed E-state index contributed by atoms with van der Waals surface area (Å²) in [6.45, 7) is 11.3. The summed E-state index contributed by atoms with van der Waals surface area (Å²) in [6, 6.07) is 5.26. The van der Waals surface area contributed by atoms with E-state index in [4.69, 9.17) is 19.8 Å². The molecule has 9 heteroatoms. The quantitative estimate of drug-likeness (QED) is 0.520. The second-order valence-corrected chi connectivity index (χ2v) is 10.9. The van der Waals surface area contributed by atoms with E-state index < -0.39 is 11.9 Å². The number of nitrogens with zero attached hydrogens (tertiary/aromatic N) is 2. The van der Waals surface area contributed by atoms with Gasteiger partial charge >= 0.3 is 0 Å². The molecule has 0 unspecified atom stereocenters. The van der Waals surface area contributed by atoms with Gasteiger partial charge < -0.3 is 20.4 Å². The molecule has 0 aliphatic carbocycles. The van der Waals surface area contributed by atoms with Crippen molar-refractivity contribution in [1.82, 2.24) is 15.1 Å². The Bertz CT molecular complexity index is 848. The van der Waals surface area contributed by atoms with Gasteiger partial charge in [0.25, 0.3) is 11.9 Å². The maximum absolute atomic E-state index is 13.7. The lowest BCUT2D eigenvalue weighted by Gasteiger charge is -2.39. The van der Waals surface area contributed by atoms with Crippen LogP contribution in [0.3, 0.4) is 0 Å². The smallest absolute Gasteiger partial charge is 0.300 e. The molecule has 4 heterocycles. The van der Waals surface area contributed by atoms with E-state index in [0.717, 1.165) is 72.3 Å². The van der Waals surface area contributed by atoms with Crippen LogP contribution in [0.4, 0.5) is 0 Å². The summed E-state index contributed by atoms with van der Waals surface area (Å²) in [5, 5.41) is 20.7. The summed E-state index contributed by atoms with van der Waals surface area (Å²) < 4.78 is 0. The van der Waals surface area contributed by atoms with Crippen molar-refractivity contribution >= 4 is 29.2 Å². The van der Waals surface area contributed by atoms with Gasteiger partial charge in [0.15, 0.2) is 0 Å². The number of nitrogens with one attached hydrogen (secondary N) is 1. The monoisotopic (exact) mass is 507 g/mol. The van der Waals surface area contributed by atoms with Crippen LogP contribution in [0.1, 0.15) is 64.7 Å². The lowest BCUT2D eigenvalue weighted by Crippen LogP contribution is -2.51. The first-order valence-corrected chi connectivity index (χ1v) is 13.2. The SMILES string of the molecule is CC(=O)O.CC(=O)O.CC(C)=CC[C@@]1(C(=O)N2CCCN(Cc3cccs3)CC2)C[C@@H]2CC[C@H]1N2. The zero-order chi connectivity index (χ0) is 26.0. The number of thiophene rings is 1. The number of aliphatic carboxylic acids is 2. The molecule has 0 radical (unpaired) electrons. The molecule has 196 valence electrons. The van der Waals surface area contributed by atoms with Crippen LogP contribution in [-0.2, 0) is 20.9 Å². The number of amides is 1. The number of carbonyl (C=O) groups excluding carboxylic acids is 1. The summed E-state index contributed by atoms with van der Waals surface area (Å²) in [7, 11) is 0. The van der Waals surface area contributed by atoms with Gasteiger partial charge in [-0.3, -0.25) is 19.3 Å². The topological polar surface area (TPSA) is 110 Å². The van der Waals surface area contributed by atoms with E-state index in [1.807, 2.05) is 11.3 Å². The summed E-state index contributed by atoms with van der Waals surface area (Å²) in [6.07, 6.45) is 7.69.